The number of benzene rings is 3. The summed E-state index contributed by atoms with van der Waals surface area (Å²) in [6.07, 6.45) is 0.669. The lowest BCUT2D eigenvalue weighted by Gasteiger charge is -2.29. The van der Waals surface area contributed by atoms with Crippen molar-refractivity contribution in [2.24, 2.45) is 0 Å². The van der Waals surface area contributed by atoms with Crippen molar-refractivity contribution in [3.63, 3.8) is 0 Å². The van der Waals surface area contributed by atoms with Crippen molar-refractivity contribution in [3.8, 4) is 11.5 Å². The van der Waals surface area contributed by atoms with Crippen LogP contribution >= 0.6 is 11.6 Å². The number of hydrogen-bond donors (Lipinski definition) is 0. The van der Waals surface area contributed by atoms with Gasteiger partial charge in [-0.1, -0.05) is 48.9 Å². The van der Waals surface area contributed by atoms with Gasteiger partial charge < -0.3 is 13.8 Å². The third-order valence-corrected chi connectivity index (χ3v) is 6.97. The van der Waals surface area contributed by atoms with Crippen LogP contribution in [0.25, 0.3) is 0 Å². The Morgan fingerprint density at radius 3 is 2.38 bits per heavy atom. The van der Waals surface area contributed by atoms with Crippen LogP contribution in [0.15, 0.2) is 71.6 Å². The van der Waals surface area contributed by atoms with Crippen molar-refractivity contribution >= 4 is 27.6 Å². The molecular weight excluding hydrogens is 481 g/mol. The molecule has 0 unspecified atom stereocenters. The molecule has 3 rings (SSSR count). The maximum Gasteiger partial charge on any atom is 0.339 e. The van der Waals surface area contributed by atoms with Gasteiger partial charge in [0.25, 0.3) is 5.91 Å². The van der Waals surface area contributed by atoms with Crippen molar-refractivity contribution < 1.29 is 26.5 Å². The number of carbonyl (C=O) groups is 1. The number of hydrogen-bond acceptors (Lipinski definition) is 5. The molecule has 0 aliphatic rings. The second-order valence-electron chi connectivity index (χ2n) is 7.61. The van der Waals surface area contributed by atoms with E-state index in [9.17, 15) is 17.6 Å². The zero-order valence-corrected chi connectivity index (χ0v) is 20.6. The number of para-hydroxylation sites is 1. The molecule has 1 amide bonds. The first-order chi connectivity index (χ1) is 16.2. The predicted octanol–water partition coefficient (Wildman–Crippen LogP) is 5.70. The summed E-state index contributed by atoms with van der Waals surface area (Å²) in [6.45, 7) is 3.93. The van der Waals surface area contributed by atoms with Gasteiger partial charge in [-0.2, -0.15) is 8.42 Å². The van der Waals surface area contributed by atoms with E-state index >= 15 is 0 Å². The Morgan fingerprint density at radius 2 is 1.74 bits per heavy atom. The Morgan fingerprint density at radius 1 is 1.06 bits per heavy atom. The molecule has 3 aromatic rings. The average molecular weight is 506 g/mol. The molecule has 0 radical (unpaired) electrons. The molecule has 0 aliphatic carbocycles. The Labute approximate surface area is 204 Å². The van der Waals surface area contributed by atoms with E-state index in [1.54, 1.807) is 47.4 Å². The van der Waals surface area contributed by atoms with Gasteiger partial charge in [-0.05, 0) is 49.7 Å². The van der Waals surface area contributed by atoms with E-state index in [4.69, 9.17) is 20.5 Å². The lowest BCUT2D eigenvalue weighted by molar-refractivity contribution is 0.0671. The number of halogens is 2. The minimum atomic E-state index is -4.34. The van der Waals surface area contributed by atoms with Crippen molar-refractivity contribution in [2.75, 3.05) is 7.11 Å². The smallest absolute Gasteiger partial charge is 0.339 e. The minimum absolute atomic E-state index is 0.0407. The molecule has 0 aromatic heterocycles. The number of carbonyl (C=O) groups excluding carboxylic acids is 1. The first kappa shape index (κ1) is 25.5. The number of amides is 1. The van der Waals surface area contributed by atoms with Gasteiger partial charge in [0.05, 0.1) is 17.7 Å². The van der Waals surface area contributed by atoms with E-state index < -0.39 is 15.9 Å². The Hall–Kier alpha value is -3.10. The fraction of sp³-hybridized carbons (Fsp3) is 0.240. The lowest BCUT2D eigenvalue weighted by Crippen LogP contribution is -2.38. The van der Waals surface area contributed by atoms with Crippen LogP contribution < -0.4 is 8.92 Å². The molecule has 34 heavy (non-hydrogen) atoms. The first-order valence-electron chi connectivity index (χ1n) is 10.6. The zero-order chi connectivity index (χ0) is 24.9. The lowest BCUT2D eigenvalue weighted by atomic mass is 10.1. The zero-order valence-electron chi connectivity index (χ0n) is 19.0. The van der Waals surface area contributed by atoms with E-state index in [-0.39, 0.29) is 34.9 Å². The molecule has 0 spiro atoms. The molecule has 0 fully saturated rings. The van der Waals surface area contributed by atoms with E-state index in [0.29, 0.717) is 22.6 Å². The Kier molecular flexibility index (Phi) is 8.17. The Balaban J connectivity index is 1.93. The third-order valence-electron chi connectivity index (χ3n) is 5.41. The molecule has 0 aliphatic heterocycles. The van der Waals surface area contributed by atoms with Crippen LogP contribution in [0.2, 0.25) is 5.02 Å². The highest BCUT2D eigenvalue weighted by atomic mass is 35.5. The second kappa shape index (κ2) is 10.9. The standard InChI is InChI=1S/C25H25ClFNO5S/c1-4-17(2)28(25(29)20-10-6-7-11-21(20)26)16-18-9-5-8-12-23(18)33-34(30,31)19-13-14-24(32-3)22(27)15-19/h5-15,17H,4,16H2,1-3H3/t17-/m1/s1. The molecule has 9 heteroatoms. The number of ether oxygens (including phenoxy) is 1. The highest BCUT2D eigenvalue weighted by Crippen LogP contribution is 2.28. The summed E-state index contributed by atoms with van der Waals surface area (Å²) in [5.41, 5.74) is 0.824. The van der Waals surface area contributed by atoms with E-state index in [1.807, 2.05) is 13.8 Å². The Bertz CT molecular complexity index is 1280. The number of rotatable bonds is 9. The van der Waals surface area contributed by atoms with Crippen LogP contribution in [-0.2, 0) is 16.7 Å². The van der Waals surface area contributed by atoms with Crippen LogP contribution in [0.4, 0.5) is 4.39 Å². The van der Waals surface area contributed by atoms with Gasteiger partial charge in [0, 0.05) is 18.2 Å². The number of methoxy groups -OCH3 is 1. The molecule has 3 aromatic carbocycles. The van der Waals surface area contributed by atoms with Crippen LogP contribution in [0.3, 0.4) is 0 Å². The molecule has 0 heterocycles. The maximum atomic E-state index is 14.1. The fourth-order valence-corrected chi connectivity index (χ4v) is 4.50. The SMILES string of the molecule is CC[C@@H](C)N(Cc1ccccc1OS(=O)(=O)c1ccc(OC)c(F)c1)C(=O)c1ccccc1Cl. The molecule has 180 valence electrons. The molecule has 1 atom stereocenters. The topological polar surface area (TPSA) is 72.9 Å². The molecule has 0 saturated heterocycles. The summed E-state index contributed by atoms with van der Waals surface area (Å²) < 4.78 is 50.0. The van der Waals surface area contributed by atoms with E-state index in [0.717, 1.165) is 6.07 Å². The summed E-state index contributed by atoms with van der Waals surface area (Å²) in [6, 6.07) is 16.3. The molecular formula is C25H25ClFNO5S. The normalized spacial score (nSPS) is 12.1. The monoisotopic (exact) mass is 505 g/mol. The van der Waals surface area contributed by atoms with Crippen LogP contribution in [-0.4, -0.2) is 32.4 Å². The predicted molar refractivity (Wildman–Crippen MR) is 128 cm³/mol. The number of nitrogens with zero attached hydrogens (tertiary/aromatic N) is 1. The van der Waals surface area contributed by atoms with Gasteiger partial charge in [-0.3, -0.25) is 4.79 Å². The van der Waals surface area contributed by atoms with Crippen molar-refractivity contribution in [3.05, 3.63) is 88.7 Å². The highest BCUT2D eigenvalue weighted by molar-refractivity contribution is 7.87. The largest absolute Gasteiger partial charge is 0.494 e. The van der Waals surface area contributed by atoms with Gasteiger partial charge >= 0.3 is 10.1 Å². The van der Waals surface area contributed by atoms with Gasteiger partial charge in [-0.25, -0.2) is 4.39 Å². The van der Waals surface area contributed by atoms with Crippen molar-refractivity contribution in [2.45, 2.75) is 37.8 Å². The minimum Gasteiger partial charge on any atom is -0.494 e. The van der Waals surface area contributed by atoms with Gasteiger partial charge in [0.2, 0.25) is 0 Å². The summed E-state index contributed by atoms with van der Waals surface area (Å²) in [5, 5.41) is 0.328. The van der Waals surface area contributed by atoms with Crippen LogP contribution in [0.1, 0.15) is 36.2 Å². The molecule has 0 N–H and O–H groups in total. The van der Waals surface area contributed by atoms with Crippen LogP contribution in [0.5, 0.6) is 11.5 Å². The van der Waals surface area contributed by atoms with Gasteiger partial charge in [0.15, 0.2) is 11.6 Å². The summed E-state index contributed by atoms with van der Waals surface area (Å²) in [5.74, 6) is -1.15. The average Bonchev–Trinajstić information content (AvgIpc) is 2.82. The molecule has 6 nitrogen and oxygen atoms in total. The quantitative estimate of drug-likeness (QED) is 0.349. The summed E-state index contributed by atoms with van der Waals surface area (Å²) in [4.78, 5) is 14.6. The third kappa shape index (κ3) is 5.69. The van der Waals surface area contributed by atoms with E-state index in [1.165, 1.54) is 25.3 Å². The maximum absolute atomic E-state index is 14.1. The van der Waals surface area contributed by atoms with Crippen molar-refractivity contribution in [1.29, 1.82) is 0 Å². The van der Waals surface area contributed by atoms with Crippen molar-refractivity contribution in [1.82, 2.24) is 4.90 Å². The highest BCUT2D eigenvalue weighted by Gasteiger charge is 2.25. The fourth-order valence-electron chi connectivity index (χ4n) is 3.31. The first-order valence-corrected chi connectivity index (χ1v) is 12.4. The van der Waals surface area contributed by atoms with Gasteiger partial charge in [0.1, 0.15) is 10.6 Å². The van der Waals surface area contributed by atoms with Crippen LogP contribution in [0, 0.1) is 5.82 Å². The second-order valence-corrected chi connectivity index (χ2v) is 9.57. The van der Waals surface area contributed by atoms with Gasteiger partial charge in [-0.15, -0.1) is 0 Å². The summed E-state index contributed by atoms with van der Waals surface area (Å²) >= 11 is 6.24. The molecule has 0 bridgehead atoms. The molecule has 0 saturated carbocycles. The van der Waals surface area contributed by atoms with E-state index in [2.05, 4.69) is 0 Å². The summed E-state index contributed by atoms with van der Waals surface area (Å²) in [7, 11) is -3.06.